The van der Waals surface area contributed by atoms with E-state index in [0.717, 1.165) is 45.8 Å². The van der Waals surface area contributed by atoms with E-state index in [1.54, 1.807) is 38.1 Å². The lowest BCUT2D eigenvalue weighted by atomic mass is 9.97. The molecule has 204 valence electrons. The van der Waals surface area contributed by atoms with E-state index in [1.165, 1.54) is 0 Å². The average Bonchev–Trinajstić information content (AvgIpc) is 3.43. The van der Waals surface area contributed by atoms with E-state index in [0.29, 0.717) is 28.9 Å². The van der Waals surface area contributed by atoms with E-state index in [1.807, 2.05) is 38.1 Å². The summed E-state index contributed by atoms with van der Waals surface area (Å²) in [6, 6.07) is 14.6. The van der Waals surface area contributed by atoms with Gasteiger partial charge in [0.25, 0.3) is 10.0 Å². The lowest BCUT2D eigenvalue weighted by molar-refractivity contribution is 0.430. The second kappa shape index (κ2) is 10.6. The SMILES string of the molecule is [C-]#[N+]Cc1cc(Cn2c(CC)nc3c(C)cc(C)nc32)ccc1-c1ccccc1S(=O)(=O)Nc1onc(C)c1C. The molecule has 10 heteroatoms. The summed E-state index contributed by atoms with van der Waals surface area (Å²) < 4.78 is 36.8. The molecule has 0 fully saturated rings. The first-order chi connectivity index (χ1) is 19.1. The maximum Gasteiger partial charge on any atom is 0.264 e. The van der Waals surface area contributed by atoms with Gasteiger partial charge in [0.05, 0.1) is 17.1 Å². The van der Waals surface area contributed by atoms with Crippen LogP contribution in [0.1, 0.15) is 46.4 Å². The van der Waals surface area contributed by atoms with Crippen molar-refractivity contribution in [1.29, 1.82) is 0 Å². The summed E-state index contributed by atoms with van der Waals surface area (Å²) in [5.74, 6) is 1.02. The molecule has 0 aliphatic carbocycles. The Morgan fingerprint density at radius 3 is 2.50 bits per heavy atom. The molecule has 0 saturated carbocycles. The van der Waals surface area contributed by atoms with Crippen LogP contribution in [0.3, 0.4) is 0 Å². The normalized spacial score (nSPS) is 11.6. The molecule has 5 aromatic rings. The number of aryl methyl sites for hydroxylation is 4. The summed E-state index contributed by atoms with van der Waals surface area (Å²) in [5.41, 5.74) is 7.88. The predicted octanol–water partition coefficient (Wildman–Crippen LogP) is 6.15. The third-order valence-electron chi connectivity index (χ3n) is 7.03. The smallest absolute Gasteiger partial charge is 0.264 e. The number of imidazole rings is 1. The number of sulfonamides is 1. The van der Waals surface area contributed by atoms with Crippen molar-refractivity contribution in [3.8, 4) is 11.1 Å². The van der Waals surface area contributed by atoms with Crippen molar-refractivity contribution < 1.29 is 12.9 Å². The zero-order valence-corrected chi connectivity index (χ0v) is 23.9. The van der Waals surface area contributed by atoms with Crippen molar-refractivity contribution in [2.45, 2.75) is 59.0 Å². The molecule has 2 aromatic carbocycles. The van der Waals surface area contributed by atoms with Gasteiger partial charge in [-0.3, -0.25) is 0 Å². The molecule has 0 bridgehead atoms. The highest BCUT2D eigenvalue weighted by Crippen LogP contribution is 2.33. The van der Waals surface area contributed by atoms with E-state index in [9.17, 15) is 8.42 Å². The van der Waals surface area contributed by atoms with Crippen LogP contribution in [0.15, 0.2) is 57.9 Å². The summed E-state index contributed by atoms with van der Waals surface area (Å²) in [6.07, 6.45) is 0.754. The number of anilines is 1. The minimum absolute atomic E-state index is 0.0856. The molecular weight excluding hydrogens is 524 g/mol. The van der Waals surface area contributed by atoms with Crippen molar-refractivity contribution in [3.05, 3.63) is 99.4 Å². The number of hydrogen-bond donors (Lipinski definition) is 1. The topological polar surface area (TPSA) is 107 Å². The standard InChI is InChI=1S/C30H30N6O3S/c1-7-27-33-28-18(2)14-19(3)32-29(28)36(27)17-22-12-13-24(23(15-22)16-31-6)25-10-8-9-11-26(25)40(37,38)35-30-20(4)21(5)34-39-30/h8-15,35H,7,16-17H2,1-5H3. The summed E-state index contributed by atoms with van der Waals surface area (Å²) >= 11 is 0. The third-order valence-corrected chi connectivity index (χ3v) is 8.42. The second-order valence-corrected chi connectivity index (χ2v) is 11.5. The average molecular weight is 555 g/mol. The summed E-state index contributed by atoms with van der Waals surface area (Å²) in [7, 11) is -4.01. The van der Waals surface area contributed by atoms with Crippen LogP contribution in [-0.4, -0.2) is 28.1 Å². The van der Waals surface area contributed by atoms with Gasteiger partial charge in [0.2, 0.25) is 12.4 Å². The molecular formula is C30H30N6O3S. The number of aromatic nitrogens is 4. The molecule has 5 rings (SSSR count). The van der Waals surface area contributed by atoms with Gasteiger partial charge in [0.15, 0.2) is 5.65 Å². The third kappa shape index (κ3) is 4.96. The molecule has 9 nitrogen and oxygen atoms in total. The molecule has 0 aliphatic rings. The zero-order valence-electron chi connectivity index (χ0n) is 23.1. The first kappa shape index (κ1) is 27.1. The number of fused-ring (bicyclic) bond motifs is 1. The first-order valence-electron chi connectivity index (χ1n) is 13.0. The predicted molar refractivity (Wildman–Crippen MR) is 154 cm³/mol. The second-order valence-electron chi connectivity index (χ2n) is 9.85. The highest BCUT2D eigenvalue weighted by molar-refractivity contribution is 7.92. The quantitative estimate of drug-likeness (QED) is 0.231. The summed E-state index contributed by atoms with van der Waals surface area (Å²) in [6.45, 7) is 17.8. The maximum absolute atomic E-state index is 13.5. The van der Waals surface area contributed by atoms with Gasteiger partial charge in [-0.15, -0.1) is 0 Å². The fraction of sp³-hybridized carbons (Fsp3) is 0.267. The van der Waals surface area contributed by atoms with Crippen LogP contribution >= 0.6 is 0 Å². The van der Waals surface area contributed by atoms with Gasteiger partial charge in [-0.05, 0) is 62.6 Å². The Morgan fingerprint density at radius 1 is 1.02 bits per heavy atom. The Bertz CT molecular complexity index is 1900. The van der Waals surface area contributed by atoms with E-state index in [-0.39, 0.29) is 17.3 Å². The Balaban J connectivity index is 1.57. The number of hydrogen-bond acceptors (Lipinski definition) is 6. The molecule has 1 N–H and O–H groups in total. The number of benzene rings is 2. The van der Waals surface area contributed by atoms with E-state index >= 15 is 0 Å². The van der Waals surface area contributed by atoms with Crippen LogP contribution in [-0.2, 0) is 29.5 Å². The van der Waals surface area contributed by atoms with Crippen molar-refractivity contribution in [2.75, 3.05) is 4.72 Å². The number of pyridine rings is 1. The van der Waals surface area contributed by atoms with Crippen molar-refractivity contribution >= 4 is 27.1 Å². The number of rotatable bonds is 8. The molecule has 0 unspecified atom stereocenters. The molecule has 0 atom stereocenters. The molecule has 0 radical (unpaired) electrons. The van der Waals surface area contributed by atoms with E-state index < -0.39 is 10.0 Å². The Kier molecular flexibility index (Phi) is 7.17. The van der Waals surface area contributed by atoms with Gasteiger partial charge in [-0.25, -0.2) is 29.7 Å². The summed E-state index contributed by atoms with van der Waals surface area (Å²) in [5, 5.41) is 3.85. The Labute approximate surface area is 233 Å². The largest absolute Gasteiger partial charge is 0.337 e. The van der Waals surface area contributed by atoms with Gasteiger partial charge in [0, 0.05) is 28.8 Å². The lowest BCUT2D eigenvalue weighted by Gasteiger charge is -2.15. The monoisotopic (exact) mass is 554 g/mol. The van der Waals surface area contributed by atoms with E-state index in [2.05, 4.69) is 26.2 Å². The molecule has 3 heterocycles. The van der Waals surface area contributed by atoms with Crippen LogP contribution in [0.5, 0.6) is 0 Å². The maximum atomic E-state index is 13.5. The van der Waals surface area contributed by atoms with Gasteiger partial charge >= 0.3 is 0 Å². The number of nitrogens with one attached hydrogen (secondary N) is 1. The first-order valence-corrected chi connectivity index (χ1v) is 14.4. The molecule has 0 saturated heterocycles. The van der Waals surface area contributed by atoms with E-state index in [4.69, 9.17) is 21.1 Å². The zero-order chi connectivity index (χ0) is 28.6. The van der Waals surface area contributed by atoms with Gasteiger partial charge in [0.1, 0.15) is 11.3 Å². The highest BCUT2D eigenvalue weighted by atomic mass is 32.2. The van der Waals surface area contributed by atoms with Crippen molar-refractivity contribution in [1.82, 2.24) is 19.7 Å². The van der Waals surface area contributed by atoms with Gasteiger partial charge < -0.3 is 13.9 Å². The highest BCUT2D eigenvalue weighted by Gasteiger charge is 2.24. The molecule has 0 amide bonds. The fourth-order valence-electron chi connectivity index (χ4n) is 4.90. The molecule has 0 aliphatic heterocycles. The molecule has 3 aromatic heterocycles. The fourth-order valence-corrected chi connectivity index (χ4v) is 6.17. The van der Waals surface area contributed by atoms with Crippen LogP contribution in [0, 0.1) is 34.3 Å². The van der Waals surface area contributed by atoms with Crippen molar-refractivity contribution in [2.24, 2.45) is 0 Å². The lowest BCUT2D eigenvalue weighted by Crippen LogP contribution is -2.14. The van der Waals surface area contributed by atoms with Gasteiger partial charge in [-0.1, -0.05) is 42.4 Å². The minimum atomic E-state index is -4.01. The number of nitrogens with zero attached hydrogens (tertiary/aromatic N) is 5. The molecule has 40 heavy (non-hydrogen) atoms. The van der Waals surface area contributed by atoms with Crippen LogP contribution in [0.2, 0.25) is 0 Å². The Morgan fingerprint density at radius 2 is 1.80 bits per heavy atom. The Hall–Kier alpha value is -4.49. The van der Waals surface area contributed by atoms with Crippen molar-refractivity contribution in [3.63, 3.8) is 0 Å². The van der Waals surface area contributed by atoms with Gasteiger partial charge in [-0.2, -0.15) is 0 Å². The van der Waals surface area contributed by atoms with Crippen LogP contribution in [0.4, 0.5) is 5.88 Å². The minimum Gasteiger partial charge on any atom is -0.337 e. The van der Waals surface area contributed by atoms with Crippen LogP contribution < -0.4 is 4.72 Å². The molecule has 0 spiro atoms. The van der Waals surface area contributed by atoms with Crippen LogP contribution in [0.25, 0.3) is 27.1 Å². The summed E-state index contributed by atoms with van der Waals surface area (Å²) in [4.78, 5) is 13.3.